The molecule has 4 amide bonds. The normalized spacial score (nSPS) is 18.4. The quantitative estimate of drug-likeness (QED) is 0.508. The number of nitrogens with zero attached hydrogens (tertiary/aromatic N) is 2. The second-order valence-corrected chi connectivity index (χ2v) is 7.44. The van der Waals surface area contributed by atoms with Gasteiger partial charge in [0.25, 0.3) is 11.8 Å². The molecule has 1 heterocycles. The standard InChI is InChI=1S/C23H22N4O3/c1-23(18-13-12-16-8-6-7-9-17(16)14-18)21(29)27(22(30)24-23)15-20(28)25-26(2)19-10-4-3-5-11-19/h3-14H,15H2,1-2H3,(H,24,30)(H,25,28)/t23-/m0/s1. The van der Waals surface area contributed by atoms with E-state index in [0.717, 1.165) is 21.4 Å². The molecule has 3 aromatic carbocycles. The van der Waals surface area contributed by atoms with Crippen LogP contribution in [0.1, 0.15) is 12.5 Å². The van der Waals surface area contributed by atoms with Gasteiger partial charge in [0.15, 0.2) is 0 Å². The summed E-state index contributed by atoms with van der Waals surface area (Å²) in [5, 5.41) is 6.30. The average molecular weight is 402 g/mol. The Balaban J connectivity index is 1.51. The van der Waals surface area contributed by atoms with E-state index in [1.54, 1.807) is 19.0 Å². The highest BCUT2D eigenvalue weighted by Gasteiger charge is 2.49. The second kappa shape index (κ2) is 7.51. The fourth-order valence-electron chi connectivity index (χ4n) is 3.62. The molecule has 152 valence electrons. The van der Waals surface area contributed by atoms with E-state index in [-0.39, 0.29) is 6.54 Å². The molecule has 1 saturated heterocycles. The maximum absolute atomic E-state index is 13.1. The van der Waals surface area contributed by atoms with Crippen molar-refractivity contribution in [3.63, 3.8) is 0 Å². The number of fused-ring (bicyclic) bond motifs is 1. The molecule has 1 atom stereocenters. The lowest BCUT2D eigenvalue weighted by Crippen LogP contribution is -2.47. The Bertz CT molecular complexity index is 1130. The van der Waals surface area contributed by atoms with E-state index < -0.39 is 23.4 Å². The van der Waals surface area contributed by atoms with E-state index in [1.807, 2.05) is 72.8 Å². The van der Waals surface area contributed by atoms with Crippen LogP contribution in [0.3, 0.4) is 0 Å². The Morgan fingerprint density at radius 3 is 2.40 bits per heavy atom. The summed E-state index contributed by atoms with van der Waals surface area (Å²) < 4.78 is 0. The minimum Gasteiger partial charge on any atom is -0.319 e. The van der Waals surface area contributed by atoms with Crippen LogP contribution in [0.5, 0.6) is 0 Å². The minimum atomic E-state index is -1.23. The van der Waals surface area contributed by atoms with Crippen molar-refractivity contribution in [3.05, 3.63) is 78.4 Å². The number of carbonyl (C=O) groups is 3. The number of carbonyl (C=O) groups excluding carboxylic acids is 3. The monoisotopic (exact) mass is 402 g/mol. The molecule has 7 nitrogen and oxygen atoms in total. The Morgan fingerprint density at radius 1 is 1.00 bits per heavy atom. The lowest BCUT2D eigenvalue weighted by atomic mass is 9.90. The summed E-state index contributed by atoms with van der Waals surface area (Å²) in [6, 6.07) is 22.1. The third-order valence-electron chi connectivity index (χ3n) is 5.34. The summed E-state index contributed by atoms with van der Waals surface area (Å²) >= 11 is 0. The van der Waals surface area contributed by atoms with Crippen LogP contribution < -0.4 is 15.8 Å². The largest absolute Gasteiger partial charge is 0.325 e. The number of imide groups is 1. The maximum Gasteiger partial charge on any atom is 0.325 e. The number of anilines is 1. The zero-order valence-corrected chi connectivity index (χ0v) is 16.8. The number of para-hydroxylation sites is 1. The molecule has 3 aromatic rings. The third-order valence-corrected chi connectivity index (χ3v) is 5.34. The van der Waals surface area contributed by atoms with Crippen molar-refractivity contribution in [2.45, 2.75) is 12.5 Å². The van der Waals surface area contributed by atoms with E-state index >= 15 is 0 Å². The highest BCUT2D eigenvalue weighted by atomic mass is 16.2. The van der Waals surface area contributed by atoms with Gasteiger partial charge in [-0.2, -0.15) is 0 Å². The number of rotatable bonds is 5. The molecule has 0 aliphatic carbocycles. The summed E-state index contributed by atoms with van der Waals surface area (Å²) in [7, 11) is 1.69. The highest BCUT2D eigenvalue weighted by molar-refractivity contribution is 6.09. The molecule has 1 aliphatic heterocycles. The van der Waals surface area contributed by atoms with Gasteiger partial charge >= 0.3 is 6.03 Å². The fraction of sp³-hybridized carbons (Fsp3) is 0.174. The first-order valence-electron chi connectivity index (χ1n) is 9.60. The molecule has 4 rings (SSSR count). The van der Waals surface area contributed by atoms with Gasteiger partial charge in [-0.3, -0.25) is 24.9 Å². The molecular weight excluding hydrogens is 380 g/mol. The first kappa shape index (κ1) is 19.4. The smallest absolute Gasteiger partial charge is 0.319 e. The number of hydrogen-bond donors (Lipinski definition) is 2. The Labute approximate surface area is 174 Å². The molecule has 1 fully saturated rings. The van der Waals surface area contributed by atoms with E-state index in [4.69, 9.17) is 0 Å². The van der Waals surface area contributed by atoms with Crippen molar-refractivity contribution in [2.75, 3.05) is 18.6 Å². The van der Waals surface area contributed by atoms with Crippen molar-refractivity contribution in [3.8, 4) is 0 Å². The number of urea groups is 1. The first-order valence-corrected chi connectivity index (χ1v) is 9.60. The zero-order valence-electron chi connectivity index (χ0n) is 16.8. The third kappa shape index (κ3) is 3.45. The molecule has 30 heavy (non-hydrogen) atoms. The van der Waals surface area contributed by atoms with Gasteiger partial charge in [-0.15, -0.1) is 0 Å². The topological polar surface area (TPSA) is 81.8 Å². The summed E-state index contributed by atoms with van der Waals surface area (Å²) in [5.74, 6) is -0.923. The van der Waals surface area contributed by atoms with Crippen LogP contribution in [0, 0.1) is 0 Å². The first-order chi connectivity index (χ1) is 14.4. The lowest BCUT2D eigenvalue weighted by Gasteiger charge is -2.23. The van der Waals surface area contributed by atoms with E-state index in [9.17, 15) is 14.4 Å². The molecule has 1 aliphatic rings. The van der Waals surface area contributed by atoms with E-state index in [1.165, 1.54) is 0 Å². The van der Waals surface area contributed by atoms with Gasteiger partial charge in [-0.25, -0.2) is 4.79 Å². The van der Waals surface area contributed by atoms with Gasteiger partial charge in [-0.1, -0.05) is 54.6 Å². The molecule has 2 N–H and O–H groups in total. The van der Waals surface area contributed by atoms with Crippen LogP contribution in [0.4, 0.5) is 10.5 Å². The van der Waals surface area contributed by atoms with Crippen molar-refractivity contribution < 1.29 is 14.4 Å². The van der Waals surface area contributed by atoms with Crippen LogP contribution in [0.2, 0.25) is 0 Å². The molecule has 7 heteroatoms. The maximum atomic E-state index is 13.1. The minimum absolute atomic E-state index is 0.370. The predicted octanol–water partition coefficient (Wildman–Crippen LogP) is 2.77. The Morgan fingerprint density at radius 2 is 1.67 bits per heavy atom. The van der Waals surface area contributed by atoms with Crippen LogP contribution >= 0.6 is 0 Å². The number of hydrogen-bond acceptors (Lipinski definition) is 4. The molecule has 0 radical (unpaired) electrons. The summed E-state index contributed by atoms with van der Waals surface area (Å²) in [6.07, 6.45) is 0. The van der Waals surface area contributed by atoms with Gasteiger partial charge in [0.2, 0.25) is 0 Å². The van der Waals surface area contributed by atoms with Gasteiger partial charge in [0.1, 0.15) is 12.1 Å². The van der Waals surface area contributed by atoms with Crippen molar-refractivity contribution in [1.29, 1.82) is 0 Å². The van der Waals surface area contributed by atoms with E-state index in [2.05, 4.69) is 10.7 Å². The van der Waals surface area contributed by atoms with Gasteiger partial charge < -0.3 is 5.32 Å². The number of nitrogens with one attached hydrogen (secondary N) is 2. The zero-order chi connectivity index (χ0) is 21.3. The van der Waals surface area contributed by atoms with Gasteiger partial charge in [0.05, 0.1) is 5.69 Å². The molecule has 0 unspecified atom stereocenters. The van der Waals surface area contributed by atoms with Crippen molar-refractivity contribution >= 4 is 34.3 Å². The highest BCUT2D eigenvalue weighted by Crippen LogP contribution is 2.30. The number of hydrazine groups is 1. The van der Waals surface area contributed by atoms with E-state index in [0.29, 0.717) is 5.56 Å². The van der Waals surface area contributed by atoms with Crippen molar-refractivity contribution in [2.24, 2.45) is 0 Å². The van der Waals surface area contributed by atoms with Gasteiger partial charge in [-0.05, 0) is 41.5 Å². The number of benzene rings is 3. The lowest BCUT2D eigenvalue weighted by molar-refractivity contribution is -0.134. The molecule has 0 aromatic heterocycles. The molecule has 0 spiro atoms. The van der Waals surface area contributed by atoms with Crippen LogP contribution in [0.15, 0.2) is 72.8 Å². The van der Waals surface area contributed by atoms with Crippen molar-refractivity contribution in [1.82, 2.24) is 15.6 Å². The molecule has 0 saturated carbocycles. The SMILES string of the molecule is CN(NC(=O)CN1C(=O)N[C@@](C)(c2ccc3ccccc3c2)C1=O)c1ccccc1. The van der Waals surface area contributed by atoms with Gasteiger partial charge in [0, 0.05) is 7.05 Å². The van der Waals surface area contributed by atoms with Crippen LogP contribution in [-0.4, -0.2) is 36.3 Å². The van der Waals surface area contributed by atoms with Crippen LogP contribution in [0.25, 0.3) is 10.8 Å². The summed E-state index contributed by atoms with van der Waals surface area (Å²) in [4.78, 5) is 39.1. The Hall–Kier alpha value is -3.87. The molecular formula is C23H22N4O3. The second-order valence-electron chi connectivity index (χ2n) is 7.44. The average Bonchev–Trinajstić information content (AvgIpc) is 2.98. The Kier molecular flexibility index (Phi) is 4.87. The number of amides is 4. The predicted molar refractivity (Wildman–Crippen MR) is 115 cm³/mol. The summed E-state index contributed by atoms with van der Waals surface area (Å²) in [5.41, 5.74) is 2.90. The van der Waals surface area contributed by atoms with Crippen LogP contribution in [-0.2, 0) is 15.1 Å². The fourth-order valence-corrected chi connectivity index (χ4v) is 3.62. The molecule has 0 bridgehead atoms. The summed E-state index contributed by atoms with van der Waals surface area (Å²) in [6.45, 7) is 1.29.